The number of alkyl halides is 1. The molecule has 5 nitrogen and oxygen atoms in total. The van der Waals surface area contributed by atoms with Gasteiger partial charge in [-0.25, -0.2) is 4.98 Å². The molecule has 25 heavy (non-hydrogen) atoms. The van der Waals surface area contributed by atoms with Crippen LogP contribution in [-0.4, -0.2) is 35.8 Å². The zero-order valence-corrected chi connectivity index (χ0v) is 16.4. The average molecular weight is 427 g/mol. The number of hydrogen-bond donors (Lipinski definition) is 0. The smallest absolute Gasteiger partial charge is 0.149 e. The fraction of sp³-hybridized carbons (Fsp3) is 0.500. The normalized spacial score (nSPS) is 20.4. The van der Waals surface area contributed by atoms with Gasteiger partial charge in [0.25, 0.3) is 0 Å². The maximum Gasteiger partial charge on any atom is 0.149 e. The first-order valence-corrected chi connectivity index (χ1v) is 9.26. The van der Waals surface area contributed by atoms with E-state index in [1.54, 1.807) is 6.20 Å². The summed E-state index contributed by atoms with van der Waals surface area (Å²) in [7, 11) is 1.44. The standard InChI is InChI=1S/C18H20BrClN4O/c1-11(19)14-8-12-15(10-22-14)23-17(20)13(9-21)16(12)24-6-4-18(2,25-3)5-7-24/h8,10-11H,4-7H2,1-3H3/i2D3. The summed E-state index contributed by atoms with van der Waals surface area (Å²) in [4.78, 5) is 10.7. The predicted molar refractivity (Wildman–Crippen MR) is 103 cm³/mol. The number of nitriles is 1. The van der Waals surface area contributed by atoms with Crippen LogP contribution < -0.4 is 4.90 Å². The Kier molecular flexibility index (Phi) is 4.16. The molecule has 1 unspecified atom stereocenters. The molecule has 1 fully saturated rings. The van der Waals surface area contributed by atoms with E-state index >= 15 is 0 Å². The first-order valence-electron chi connectivity index (χ1n) is 9.47. The molecule has 0 aliphatic carbocycles. The lowest BCUT2D eigenvalue weighted by Gasteiger charge is -2.40. The number of methoxy groups -OCH3 is 1. The summed E-state index contributed by atoms with van der Waals surface area (Å²) >= 11 is 9.79. The highest BCUT2D eigenvalue weighted by Gasteiger charge is 2.32. The van der Waals surface area contributed by atoms with E-state index < -0.39 is 12.5 Å². The van der Waals surface area contributed by atoms with E-state index in [-0.39, 0.29) is 15.5 Å². The van der Waals surface area contributed by atoms with Crippen molar-refractivity contribution in [2.75, 3.05) is 25.1 Å². The number of piperidine rings is 1. The van der Waals surface area contributed by atoms with Crippen LogP contribution in [0.25, 0.3) is 10.9 Å². The van der Waals surface area contributed by atoms with Gasteiger partial charge in [0.15, 0.2) is 0 Å². The van der Waals surface area contributed by atoms with Crippen molar-refractivity contribution in [1.29, 1.82) is 5.26 Å². The molecule has 0 amide bonds. The van der Waals surface area contributed by atoms with E-state index in [1.165, 1.54) is 7.11 Å². The molecule has 1 atom stereocenters. The first kappa shape index (κ1) is 14.7. The van der Waals surface area contributed by atoms with Crippen LogP contribution in [0.3, 0.4) is 0 Å². The number of halogens is 2. The zero-order valence-electron chi connectivity index (χ0n) is 17.0. The zero-order chi connectivity index (χ0) is 20.7. The van der Waals surface area contributed by atoms with Gasteiger partial charge >= 0.3 is 0 Å². The Balaban J connectivity index is 2.10. The van der Waals surface area contributed by atoms with Crippen molar-refractivity contribution in [3.63, 3.8) is 0 Å². The Morgan fingerprint density at radius 2 is 2.24 bits per heavy atom. The predicted octanol–water partition coefficient (Wildman–Crippen LogP) is 4.62. The van der Waals surface area contributed by atoms with Gasteiger partial charge < -0.3 is 9.64 Å². The topological polar surface area (TPSA) is 62.0 Å². The van der Waals surface area contributed by atoms with Crippen molar-refractivity contribution < 1.29 is 8.85 Å². The fourth-order valence-electron chi connectivity index (χ4n) is 3.08. The Morgan fingerprint density at radius 1 is 1.52 bits per heavy atom. The molecule has 7 heteroatoms. The molecule has 0 spiro atoms. The third kappa shape index (κ3) is 3.46. The highest BCUT2D eigenvalue weighted by Crippen LogP contribution is 2.38. The van der Waals surface area contributed by atoms with Gasteiger partial charge in [-0.2, -0.15) is 5.26 Å². The molecule has 0 N–H and O–H groups in total. The summed E-state index contributed by atoms with van der Waals surface area (Å²) in [6, 6.07) is 4.06. The second kappa shape index (κ2) is 7.06. The van der Waals surface area contributed by atoms with Gasteiger partial charge in [0, 0.05) is 29.7 Å². The maximum atomic E-state index is 9.71. The maximum absolute atomic E-state index is 9.71. The van der Waals surface area contributed by atoms with E-state index in [0.29, 0.717) is 37.1 Å². The number of ether oxygens (including phenoxy) is 1. The Hall–Kier alpha value is -1.42. The number of pyridine rings is 2. The number of fused-ring (bicyclic) bond motifs is 1. The lowest BCUT2D eigenvalue weighted by molar-refractivity contribution is -0.0132. The first-order chi connectivity index (χ1) is 13.1. The quantitative estimate of drug-likeness (QED) is 0.529. The minimum Gasteiger partial charge on any atom is -0.378 e. The van der Waals surface area contributed by atoms with Gasteiger partial charge in [0.2, 0.25) is 0 Å². The van der Waals surface area contributed by atoms with Gasteiger partial charge in [-0.05, 0) is 32.7 Å². The van der Waals surface area contributed by atoms with Crippen LogP contribution in [-0.2, 0) is 4.74 Å². The van der Waals surface area contributed by atoms with Crippen molar-refractivity contribution >= 4 is 44.1 Å². The summed E-state index contributed by atoms with van der Waals surface area (Å²) in [5.74, 6) is 0. The molecule has 0 bridgehead atoms. The second-order valence-electron chi connectivity index (χ2n) is 6.17. The molecule has 2 aromatic rings. The average Bonchev–Trinajstić information content (AvgIpc) is 2.65. The number of hydrogen-bond acceptors (Lipinski definition) is 5. The molecule has 1 aliphatic rings. The van der Waals surface area contributed by atoms with Crippen LogP contribution in [0.5, 0.6) is 0 Å². The molecule has 132 valence electrons. The Bertz CT molecular complexity index is 937. The SMILES string of the molecule is [2H]C([2H])([2H])C1(OC)CCN(c2c(C#N)c(Cl)nc3cnc(C(C)Br)cc23)CC1. The van der Waals surface area contributed by atoms with Gasteiger partial charge in [0.05, 0.1) is 33.5 Å². The molecule has 2 aromatic heterocycles. The van der Waals surface area contributed by atoms with Crippen LogP contribution in [0.4, 0.5) is 5.69 Å². The van der Waals surface area contributed by atoms with Crippen LogP contribution in [0.1, 0.15) is 46.8 Å². The lowest BCUT2D eigenvalue weighted by atomic mass is 9.92. The molecule has 0 radical (unpaired) electrons. The highest BCUT2D eigenvalue weighted by molar-refractivity contribution is 9.09. The molecule has 1 aliphatic heterocycles. The van der Waals surface area contributed by atoms with Crippen molar-refractivity contribution in [2.24, 2.45) is 0 Å². The number of aromatic nitrogens is 2. The molecule has 3 heterocycles. The van der Waals surface area contributed by atoms with Crippen LogP contribution in [0.2, 0.25) is 5.15 Å². The summed E-state index contributed by atoms with van der Waals surface area (Å²) in [6.07, 6.45) is 2.28. The summed E-state index contributed by atoms with van der Waals surface area (Å²) < 4.78 is 29.0. The van der Waals surface area contributed by atoms with E-state index in [0.717, 1.165) is 11.1 Å². The molecule has 1 saturated heterocycles. The van der Waals surface area contributed by atoms with Gasteiger partial charge in [-0.15, -0.1) is 0 Å². The van der Waals surface area contributed by atoms with E-state index in [4.69, 9.17) is 20.5 Å². The van der Waals surface area contributed by atoms with E-state index in [1.807, 2.05) is 17.9 Å². The Labute approximate surface area is 165 Å². The van der Waals surface area contributed by atoms with Crippen LogP contribution in [0.15, 0.2) is 12.3 Å². The van der Waals surface area contributed by atoms with Crippen LogP contribution >= 0.6 is 27.5 Å². The molecule has 0 aromatic carbocycles. The summed E-state index contributed by atoms with van der Waals surface area (Å²) in [5, 5.41) is 10.6. The number of nitrogens with zero attached hydrogens (tertiary/aromatic N) is 4. The fourth-order valence-corrected chi connectivity index (χ4v) is 3.55. The van der Waals surface area contributed by atoms with Crippen molar-refractivity contribution in [1.82, 2.24) is 9.97 Å². The number of rotatable bonds is 3. The molecule has 3 rings (SSSR count). The summed E-state index contributed by atoms with van der Waals surface area (Å²) in [6.45, 7) is 0.606. The molecular formula is C18H20BrClN4O. The number of anilines is 1. The van der Waals surface area contributed by atoms with Gasteiger partial charge in [0.1, 0.15) is 16.8 Å². The van der Waals surface area contributed by atoms with Crippen molar-refractivity contribution in [3.8, 4) is 6.07 Å². The van der Waals surface area contributed by atoms with Crippen molar-refractivity contribution in [3.05, 3.63) is 28.7 Å². The molecular weight excluding hydrogens is 404 g/mol. The van der Waals surface area contributed by atoms with Crippen molar-refractivity contribution in [2.45, 2.75) is 37.0 Å². The van der Waals surface area contributed by atoms with Crippen LogP contribution in [0, 0.1) is 11.3 Å². The van der Waals surface area contributed by atoms with E-state index in [2.05, 4.69) is 32.0 Å². The summed E-state index contributed by atoms with van der Waals surface area (Å²) in [5.41, 5.74) is 1.18. The minimum absolute atomic E-state index is 0.0315. The Morgan fingerprint density at radius 3 is 2.80 bits per heavy atom. The van der Waals surface area contributed by atoms with Gasteiger partial charge in [-0.1, -0.05) is 27.5 Å². The highest BCUT2D eigenvalue weighted by atomic mass is 79.9. The second-order valence-corrected chi connectivity index (χ2v) is 7.90. The third-order valence-corrected chi connectivity index (χ3v) is 5.36. The third-order valence-electron chi connectivity index (χ3n) is 4.62. The monoisotopic (exact) mass is 425 g/mol. The minimum atomic E-state index is -2.22. The van der Waals surface area contributed by atoms with Gasteiger partial charge in [-0.3, -0.25) is 4.98 Å². The largest absolute Gasteiger partial charge is 0.378 e. The van der Waals surface area contributed by atoms with E-state index in [9.17, 15) is 5.26 Å². The lowest BCUT2D eigenvalue weighted by Crippen LogP contribution is -2.44. The molecule has 0 saturated carbocycles.